The predicted molar refractivity (Wildman–Crippen MR) is 67.7 cm³/mol. The molecule has 0 saturated heterocycles. The highest BCUT2D eigenvalue weighted by molar-refractivity contribution is 6.10. The second-order valence-electron chi connectivity index (χ2n) is 3.58. The Morgan fingerprint density at radius 1 is 0.882 bits per heavy atom. The van der Waals surface area contributed by atoms with Gasteiger partial charge in [0.15, 0.2) is 5.78 Å². The number of benzene rings is 2. The first-order valence-corrected chi connectivity index (χ1v) is 4.93. The van der Waals surface area contributed by atoms with Gasteiger partial charge in [-0.2, -0.15) is 0 Å². The van der Waals surface area contributed by atoms with Gasteiger partial charge in [0.2, 0.25) is 0 Å². The minimum Gasteiger partial charge on any atom is -0.508 e. The van der Waals surface area contributed by atoms with Crippen LogP contribution in [0.1, 0.15) is 20.2 Å². The number of aromatic hydroxyl groups is 3. The molecule has 4 heteroatoms. The zero-order chi connectivity index (χ0) is 12.4. The molecule has 0 aliphatic carbocycles. The van der Waals surface area contributed by atoms with E-state index in [1.165, 1.54) is 36.4 Å². The molecule has 4 nitrogen and oxygen atoms in total. The van der Waals surface area contributed by atoms with Crippen molar-refractivity contribution in [3.05, 3.63) is 53.6 Å². The Morgan fingerprint density at radius 2 is 1.47 bits per heavy atom. The molecule has 92 valence electrons. The molecule has 0 spiro atoms. The van der Waals surface area contributed by atoms with Crippen molar-refractivity contribution in [3.8, 4) is 17.2 Å². The number of carbonyl (C=O) groups excluding carboxylic acids is 1. The highest BCUT2D eigenvalue weighted by Crippen LogP contribution is 2.25. The van der Waals surface area contributed by atoms with Gasteiger partial charge in [-0.05, 0) is 36.4 Å². The lowest BCUT2D eigenvalue weighted by atomic mass is 10.0. The summed E-state index contributed by atoms with van der Waals surface area (Å²) >= 11 is 0. The van der Waals surface area contributed by atoms with E-state index in [9.17, 15) is 9.90 Å². The summed E-state index contributed by atoms with van der Waals surface area (Å²) < 4.78 is 0. The van der Waals surface area contributed by atoms with Crippen molar-refractivity contribution < 1.29 is 24.4 Å². The number of ketones is 1. The fourth-order valence-corrected chi connectivity index (χ4v) is 1.48. The van der Waals surface area contributed by atoms with Gasteiger partial charge in [-0.1, -0.05) is 0 Å². The zero-order valence-electron chi connectivity index (χ0n) is 8.79. The van der Waals surface area contributed by atoms with Crippen molar-refractivity contribution in [3.63, 3.8) is 0 Å². The average molecular weight is 236 g/mol. The first-order chi connectivity index (χ1) is 8.08. The fraction of sp³-hybridized carbons (Fsp3) is 0. The molecule has 0 heterocycles. The summed E-state index contributed by atoms with van der Waals surface area (Å²) in [5.74, 6) is -0.688. The number of rotatable bonds is 2. The summed E-state index contributed by atoms with van der Waals surface area (Å²) in [5.41, 5.74) is 0.456. The van der Waals surface area contributed by atoms with Crippen LogP contribution in [-0.4, -0.2) is 21.1 Å². The van der Waals surface area contributed by atoms with E-state index >= 15 is 0 Å². The summed E-state index contributed by atoms with van der Waals surface area (Å²) in [6, 6.07) is 9.49. The molecule has 0 unspecified atom stereocenters. The van der Waals surface area contributed by atoms with Crippen LogP contribution in [0, 0.1) is 0 Å². The maximum absolute atomic E-state index is 12.0. The molecule has 0 atom stereocenters. The van der Waals surface area contributed by atoms with Crippen LogP contribution >= 0.6 is 0 Å². The number of phenols is 3. The lowest BCUT2D eigenvalue weighted by molar-refractivity contribution is 0.103. The van der Waals surface area contributed by atoms with Crippen LogP contribution in [0.3, 0.4) is 0 Å². The van der Waals surface area contributed by atoms with Crippen LogP contribution < -0.4 is 0 Å². The third kappa shape index (κ3) is 2.20. The van der Waals surface area contributed by atoms with E-state index in [-0.39, 0.29) is 32.9 Å². The van der Waals surface area contributed by atoms with Crippen LogP contribution in [0.4, 0.5) is 0 Å². The molecule has 0 fully saturated rings. The SMILES string of the molecule is O=C(c1ccc(O)cc1)c1ccc(O)cc1O.[HH].[HH].[HH]. The third-order valence-electron chi connectivity index (χ3n) is 2.36. The van der Waals surface area contributed by atoms with Gasteiger partial charge in [0.25, 0.3) is 0 Å². The molecule has 0 amide bonds. The quantitative estimate of drug-likeness (QED) is 0.700. The molecule has 0 saturated carbocycles. The maximum atomic E-state index is 12.0. The van der Waals surface area contributed by atoms with Crippen molar-refractivity contribution in [1.29, 1.82) is 0 Å². The molecule has 2 aromatic rings. The lowest BCUT2D eigenvalue weighted by Crippen LogP contribution is -2.01. The molecular formula is C13H16O4. The van der Waals surface area contributed by atoms with Gasteiger partial charge >= 0.3 is 0 Å². The number of hydrogen-bond donors (Lipinski definition) is 3. The monoisotopic (exact) mass is 236 g/mol. The molecule has 0 aliphatic rings. The van der Waals surface area contributed by atoms with Crippen molar-refractivity contribution in [2.24, 2.45) is 0 Å². The summed E-state index contributed by atoms with van der Waals surface area (Å²) in [7, 11) is 0. The topological polar surface area (TPSA) is 77.8 Å². The highest BCUT2D eigenvalue weighted by Gasteiger charge is 2.13. The highest BCUT2D eigenvalue weighted by atomic mass is 16.3. The first-order valence-electron chi connectivity index (χ1n) is 4.93. The minimum atomic E-state index is -0.373. The van der Waals surface area contributed by atoms with Crippen molar-refractivity contribution in [2.45, 2.75) is 0 Å². The van der Waals surface area contributed by atoms with E-state index in [2.05, 4.69) is 0 Å². The van der Waals surface area contributed by atoms with Crippen molar-refractivity contribution in [1.82, 2.24) is 0 Å². The van der Waals surface area contributed by atoms with E-state index < -0.39 is 0 Å². The van der Waals surface area contributed by atoms with Crippen molar-refractivity contribution in [2.75, 3.05) is 0 Å². The minimum absolute atomic E-state index is 0. The first kappa shape index (κ1) is 11.0. The summed E-state index contributed by atoms with van der Waals surface area (Å²) in [6.45, 7) is 0. The Labute approximate surface area is 102 Å². The van der Waals surface area contributed by atoms with E-state index in [1.807, 2.05) is 0 Å². The summed E-state index contributed by atoms with van der Waals surface area (Å²) in [5, 5.41) is 27.8. The molecule has 17 heavy (non-hydrogen) atoms. The second kappa shape index (κ2) is 4.17. The molecule has 2 aromatic carbocycles. The van der Waals surface area contributed by atoms with Gasteiger partial charge < -0.3 is 15.3 Å². The Bertz CT molecular complexity index is 570. The van der Waals surface area contributed by atoms with E-state index in [1.54, 1.807) is 0 Å². The molecule has 0 aliphatic heterocycles. The van der Waals surface area contributed by atoms with Gasteiger partial charge in [-0.3, -0.25) is 4.79 Å². The second-order valence-corrected chi connectivity index (χ2v) is 3.58. The van der Waals surface area contributed by atoms with Crippen molar-refractivity contribution >= 4 is 5.78 Å². The van der Waals surface area contributed by atoms with Gasteiger partial charge in [0.1, 0.15) is 17.2 Å². The summed E-state index contributed by atoms with van der Waals surface area (Å²) in [4.78, 5) is 12.0. The molecule has 2 rings (SSSR count). The lowest BCUT2D eigenvalue weighted by Gasteiger charge is -2.04. The Balaban J connectivity index is 0. The normalized spacial score (nSPS) is 10.1. The van der Waals surface area contributed by atoms with Gasteiger partial charge in [-0.15, -0.1) is 0 Å². The van der Waals surface area contributed by atoms with E-state index in [4.69, 9.17) is 10.2 Å². The number of phenolic OH excluding ortho intramolecular Hbond substituents is 3. The largest absolute Gasteiger partial charge is 0.508 e. The van der Waals surface area contributed by atoms with E-state index in [0.717, 1.165) is 6.07 Å². The number of hydrogen-bond acceptors (Lipinski definition) is 4. The molecule has 0 bridgehead atoms. The van der Waals surface area contributed by atoms with E-state index in [0.29, 0.717) is 5.56 Å². The van der Waals surface area contributed by atoms with Gasteiger partial charge in [0.05, 0.1) is 5.56 Å². The molecule has 0 aromatic heterocycles. The van der Waals surface area contributed by atoms with Crippen LogP contribution in [0.25, 0.3) is 0 Å². The average Bonchev–Trinajstić information content (AvgIpc) is 2.29. The standard InChI is InChI=1S/C13H10O4.3H2/c14-9-3-1-8(2-4-9)13(17)11-6-5-10(15)7-12(11)16;;;/h1-7,14-16H;3*1H. The predicted octanol–water partition coefficient (Wildman–Crippen LogP) is 2.77. The fourth-order valence-electron chi connectivity index (χ4n) is 1.48. The Hall–Kier alpha value is -2.49. The molecule has 3 N–H and O–H groups in total. The smallest absolute Gasteiger partial charge is 0.196 e. The summed E-state index contributed by atoms with van der Waals surface area (Å²) in [6.07, 6.45) is 0. The van der Waals surface area contributed by atoms with Crippen LogP contribution in [-0.2, 0) is 0 Å². The van der Waals surface area contributed by atoms with Gasteiger partial charge in [0, 0.05) is 15.9 Å². The maximum Gasteiger partial charge on any atom is 0.196 e. The Morgan fingerprint density at radius 3 is 2.06 bits per heavy atom. The zero-order valence-corrected chi connectivity index (χ0v) is 8.79. The van der Waals surface area contributed by atoms with Crippen LogP contribution in [0.15, 0.2) is 42.5 Å². The van der Waals surface area contributed by atoms with Crippen LogP contribution in [0.2, 0.25) is 0 Å². The number of carbonyl (C=O) groups is 1. The molecule has 0 radical (unpaired) electrons. The Kier molecular flexibility index (Phi) is 2.70. The van der Waals surface area contributed by atoms with Gasteiger partial charge in [-0.25, -0.2) is 0 Å². The molecular weight excluding hydrogens is 220 g/mol. The van der Waals surface area contributed by atoms with Crippen LogP contribution in [0.5, 0.6) is 17.2 Å². The third-order valence-corrected chi connectivity index (χ3v) is 2.36.